The predicted molar refractivity (Wildman–Crippen MR) is 86.1 cm³/mol. The van der Waals surface area contributed by atoms with Crippen LogP contribution in [-0.2, 0) is 0 Å². The zero-order valence-electron chi connectivity index (χ0n) is 13.3. The Bertz CT molecular complexity index is 908. The van der Waals surface area contributed by atoms with Crippen molar-refractivity contribution in [3.63, 3.8) is 0 Å². The van der Waals surface area contributed by atoms with Crippen LogP contribution in [0.4, 0.5) is 5.69 Å². The van der Waals surface area contributed by atoms with Crippen molar-refractivity contribution >= 4 is 17.2 Å². The summed E-state index contributed by atoms with van der Waals surface area (Å²) in [5.74, 6) is 0.712. The van der Waals surface area contributed by atoms with E-state index in [4.69, 9.17) is 4.42 Å². The Morgan fingerprint density at radius 1 is 1.17 bits per heavy atom. The fraction of sp³-hybridized carbons (Fsp3) is 0.250. The van der Waals surface area contributed by atoms with E-state index < -0.39 is 10.5 Å². The molecule has 8 nitrogen and oxygen atoms in total. The van der Waals surface area contributed by atoms with Crippen LogP contribution in [0.2, 0.25) is 0 Å². The van der Waals surface area contributed by atoms with Gasteiger partial charge in [-0.25, -0.2) is 0 Å². The molecule has 0 atom stereocenters. The first kappa shape index (κ1) is 15.7. The van der Waals surface area contributed by atoms with Gasteiger partial charge in [0.15, 0.2) is 0 Å². The number of nitro benzene ring substituents is 1. The minimum atomic E-state index is -1.17. The smallest absolute Gasteiger partial charge is 0.470 e. The van der Waals surface area contributed by atoms with E-state index in [0.717, 1.165) is 0 Å². The van der Waals surface area contributed by atoms with Crippen LogP contribution in [0.3, 0.4) is 0 Å². The molecule has 0 bridgehead atoms. The highest BCUT2D eigenvalue weighted by molar-refractivity contribution is 6.08. The molecule has 0 saturated carbocycles. The van der Waals surface area contributed by atoms with Crippen molar-refractivity contribution in [2.75, 3.05) is 0 Å². The van der Waals surface area contributed by atoms with E-state index in [2.05, 4.69) is 0 Å². The summed E-state index contributed by atoms with van der Waals surface area (Å²) in [5, 5.41) is 36.4. The number of nitrogens with zero attached hydrogens (tertiary/aromatic N) is 3. The molecule has 0 fully saturated rings. The average molecular weight is 329 g/mol. The summed E-state index contributed by atoms with van der Waals surface area (Å²) >= 11 is 0. The quantitative estimate of drug-likeness (QED) is 0.372. The lowest BCUT2D eigenvalue weighted by Crippen LogP contribution is -2.39. The summed E-state index contributed by atoms with van der Waals surface area (Å²) in [6, 6.07) is 8.76. The van der Waals surface area contributed by atoms with Crippen molar-refractivity contribution in [1.82, 2.24) is 0 Å². The minimum Gasteiger partial charge on any atom is -0.618 e. The molecule has 0 amide bonds. The van der Waals surface area contributed by atoms with Crippen molar-refractivity contribution in [2.45, 2.75) is 26.3 Å². The summed E-state index contributed by atoms with van der Waals surface area (Å²) in [4.78, 5) is 10.4. The molecular formula is C16H15N3O5. The van der Waals surface area contributed by atoms with Gasteiger partial charge < -0.3 is 14.8 Å². The minimum absolute atomic E-state index is 0.159. The van der Waals surface area contributed by atoms with Gasteiger partial charge in [0.2, 0.25) is 5.76 Å². The highest BCUT2D eigenvalue weighted by Crippen LogP contribution is 2.27. The number of nitro groups is 1. The lowest BCUT2D eigenvalue weighted by atomic mass is 9.97. The summed E-state index contributed by atoms with van der Waals surface area (Å²) in [6.45, 7) is 4.94. The van der Waals surface area contributed by atoms with Gasteiger partial charge in [0.25, 0.3) is 11.2 Å². The van der Waals surface area contributed by atoms with E-state index >= 15 is 0 Å². The maximum atomic E-state index is 12.8. The number of benzene rings is 1. The van der Waals surface area contributed by atoms with Gasteiger partial charge in [-0.3, -0.25) is 10.1 Å². The summed E-state index contributed by atoms with van der Waals surface area (Å²) < 4.78 is 6.55. The number of hydroxylamine groups is 2. The van der Waals surface area contributed by atoms with Crippen LogP contribution in [0, 0.1) is 27.5 Å². The molecule has 1 aromatic heterocycles. The van der Waals surface area contributed by atoms with Crippen molar-refractivity contribution in [3.05, 3.63) is 74.0 Å². The normalized spacial score (nSPS) is 16.8. The number of aryl methyl sites for hydroxylation is 1. The molecule has 2 aromatic rings. The Balaban J connectivity index is 2.20. The van der Waals surface area contributed by atoms with Crippen LogP contribution < -0.4 is 0 Å². The molecule has 0 aliphatic carbocycles. The molecule has 0 unspecified atom stereocenters. The molecule has 0 spiro atoms. The second kappa shape index (κ2) is 5.19. The van der Waals surface area contributed by atoms with Gasteiger partial charge in [-0.1, -0.05) is 10.8 Å². The first-order valence-electron chi connectivity index (χ1n) is 7.24. The molecule has 0 saturated heterocycles. The molecule has 24 heavy (non-hydrogen) atoms. The topological polar surface area (TPSA) is 108 Å². The van der Waals surface area contributed by atoms with Gasteiger partial charge in [0.05, 0.1) is 4.92 Å². The van der Waals surface area contributed by atoms with E-state index in [1.54, 1.807) is 32.9 Å². The zero-order chi connectivity index (χ0) is 17.6. The van der Waals surface area contributed by atoms with Gasteiger partial charge in [0.1, 0.15) is 11.3 Å². The second-order valence-corrected chi connectivity index (χ2v) is 6.04. The Labute approximate surface area is 137 Å². The van der Waals surface area contributed by atoms with Crippen molar-refractivity contribution in [1.29, 1.82) is 0 Å². The SMILES string of the molecule is Cc1ccc(C2=[N+]([O-])C(c3cccc([N+](=O)[O-])c3)=[N+]([O-])C2(C)C)o1. The van der Waals surface area contributed by atoms with E-state index in [9.17, 15) is 20.5 Å². The Morgan fingerprint density at radius 3 is 2.46 bits per heavy atom. The zero-order valence-corrected chi connectivity index (χ0v) is 13.3. The number of non-ortho nitro benzene ring substituents is 1. The van der Waals surface area contributed by atoms with Crippen LogP contribution >= 0.6 is 0 Å². The molecule has 3 rings (SSSR count). The van der Waals surface area contributed by atoms with Crippen molar-refractivity contribution in [2.24, 2.45) is 0 Å². The molecule has 1 aliphatic rings. The van der Waals surface area contributed by atoms with Gasteiger partial charge >= 0.3 is 11.5 Å². The van der Waals surface area contributed by atoms with Gasteiger partial charge in [-0.15, -0.1) is 4.74 Å². The van der Waals surface area contributed by atoms with Crippen LogP contribution in [0.25, 0.3) is 0 Å². The van der Waals surface area contributed by atoms with E-state index in [0.29, 0.717) is 21.0 Å². The van der Waals surface area contributed by atoms with Crippen LogP contribution in [0.5, 0.6) is 0 Å². The Kier molecular flexibility index (Phi) is 3.40. The third-order valence-electron chi connectivity index (χ3n) is 3.96. The third-order valence-corrected chi connectivity index (χ3v) is 3.96. The van der Waals surface area contributed by atoms with Gasteiger partial charge in [-0.2, -0.15) is 0 Å². The number of furan rings is 1. The number of hydrogen-bond donors (Lipinski definition) is 0. The summed E-state index contributed by atoms with van der Waals surface area (Å²) in [5.41, 5.74) is -1.03. The fourth-order valence-electron chi connectivity index (χ4n) is 2.75. The molecule has 8 heteroatoms. The van der Waals surface area contributed by atoms with E-state index in [1.165, 1.54) is 24.3 Å². The molecule has 0 radical (unpaired) electrons. The molecule has 1 aliphatic heterocycles. The first-order valence-corrected chi connectivity index (χ1v) is 7.24. The van der Waals surface area contributed by atoms with Crippen LogP contribution in [0.1, 0.15) is 30.9 Å². The molecule has 1 aromatic carbocycles. The maximum absolute atomic E-state index is 12.8. The summed E-state index contributed by atoms with van der Waals surface area (Å²) in [7, 11) is 0. The van der Waals surface area contributed by atoms with Crippen LogP contribution in [0.15, 0.2) is 40.8 Å². The molecule has 0 N–H and O–H groups in total. The fourth-order valence-corrected chi connectivity index (χ4v) is 2.75. The van der Waals surface area contributed by atoms with Crippen LogP contribution in [-0.4, -0.2) is 31.5 Å². The third kappa shape index (κ3) is 2.23. The highest BCUT2D eigenvalue weighted by atomic mass is 16.6. The molecule has 2 heterocycles. The van der Waals surface area contributed by atoms with Gasteiger partial charge in [0, 0.05) is 26.0 Å². The maximum Gasteiger partial charge on any atom is 0.470 e. The standard InChI is InChI=1S/C16H15N3O5/c1-10-7-8-13(24-10)14-16(2,3)18(21)15(17(14)20)11-5-4-6-12(9-11)19(22)23/h4-9H,1-3H3. The lowest BCUT2D eigenvalue weighted by molar-refractivity contribution is -0.530. The average Bonchev–Trinajstić information content (AvgIpc) is 2.99. The van der Waals surface area contributed by atoms with Gasteiger partial charge in [-0.05, 0) is 25.1 Å². The van der Waals surface area contributed by atoms with E-state index in [-0.39, 0.29) is 22.8 Å². The number of hydrogen-bond acceptors (Lipinski definition) is 5. The van der Waals surface area contributed by atoms with E-state index in [1.807, 2.05) is 0 Å². The molecular weight excluding hydrogens is 314 g/mol. The highest BCUT2D eigenvalue weighted by Gasteiger charge is 2.54. The largest absolute Gasteiger partial charge is 0.618 e. The second-order valence-electron chi connectivity index (χ2n) is 6.04. The van der Waals surface area contributed by atoms with Crippen molar-refractivity contribution in [3.8, 4) is 0 Å². The number of amidine groups is 1. The first-order chi connectivity index (χ1) is 11.2. The Hall–Kier alpha value is -3.16. The lowest BCUT2D eigenvalue weighted by Gasteiger charge is -2.14. The Morgan fingerprint density at radius 2 is 1.88 bits per heavy atom. The molecule has 124 valence electrons. The van der Waals surface area contributed by atoms with Crippen molar-refractivity contribution < 1.29 is 18.8 Å². The summed E-state index contributed by atoms with van der Waals surface area (Å²) in [6.07, 6.45) is 0. The number of rotatable bonds is 3. The predicted octanol–water partition coefficient (Wildman–Crippen LogP) is 2.54. The monoisotopic (exact) mass is 329 g/mol.